The van der Waals surface area contributed by atoms with Crippen LogP contribution in [0, 0.1) is 3.57 Å². The van der Waals surface area contributed by atoms with E-state index in [9.17, 15) is 9.59 Å². The number of benzene rings is 1. The molecule has 1 aromatic carbocycles. The van der Waals surface area contributed by atoms with Crippen molar-refractivity contribution in [3.8, 4) is 0 Å². The van der Waals surface area contributed by atoms with Crippen LogP contribution in [0.1, 0.15) is 36.5 Å². The molecule has 0 aliphatic carbocycles. The average molecular weight is 465 g/mol. The van der Waals surface area contributed by atoms with Gasteiger partial charge in [0.05, 0.1) is 5.56 Å². The van der Waals surface area contributed by atoms with Crippen molar-refractivity contribution in [1.29, 1.82) is 0 Å². The van der Waals surface area contributed by atoms with Crippen LogP contribution in [0.3, 0.4) is 0 Å². The van der Waals surface area contributed by atoms with E-state index in [2.05, 4.69) is 43.8 Å². The molecule has 1 aliphatic rings. The number of halogens is 2. The van der Waals surface area contributed by atoms with Gasteiger partial charge in [-0.3, -0.25) is 9.59 Å². The van der Waals surface area contributed by atoms with Crippen LogP contribution in [0.2, 0.25) is 0 Å². The molecule has 2 amide bonds. The Morgan fingerprint density at radius 2 is 1.95 bits per heavy atom. The summed E-state index contributed by atoms with van der Waals surface area (Å²) in [6, 6.07) is 5.04. The molecule has 4 nitrogen and oxygen atoms in total. The van der Waals surface area contributed by atoms with Gasteiger partial charge in [0.25, 0.3) is 5.91 Å². The van der Waals surface area contributed by atoms with E-state index in [0.29, 0.717) is 5.56 Å². The van der Waals surface area contributed by atoms with Crippen molar-refractivity contribution in [1.82, 2.24) is 10.2 Å². The molecule has 1 fully saturated rings. The van der Waals surface area contributed by atoms with Gasteiger partial charge in [-0.25, -0.2) is 0 Å². The number of nitrogens with one attached hydrogen (secondary N) is 1. The van der Waals surface area contributed by atoms with E-state index >= 15 is 0 Å². The van der Waals surface area contributed by atoms with Gasteiger partial charge in [-0.05, 0) is 67.0 Å². The third-order valence-electron chi connectivity index (χ3n) is 3.56. The highest BCUT2D eigenvalue weighted by molar-refractivity contribution is 14.1. The monoisotopic (exact) mass is 464 g/mol. The van der Waals surface area contributed by atoms with Crippen molar-refractivity contribution in [3.63, 3.8) is 0 Å². The summed E-state index contributed by atoms with van der Waals surface area (Å²) in [5.74, 6) is -0.202. The van der Waals surface area contributed by atoms with Crippen LogP contribution in [0.25, 0.3) is 0 Å². The Balaban J connectivity index is 2.01. The molecule has 0 radical (unpaired) electrons. The Hall–Kier alpha value is -0.630. The Bertz CT molecular complexity index is 544. The second-order valence-electron chi connectivity index (χ2n) is 5.21. The topological polar surface area (TPSA) is 49.4 Å². The Morgan fingerprint density at radius 1 is 1.29 bits per heavy atom. The lowest BCUT2D eigenvalue weighted by Crippen LogP contribution is -2.48. The van der Waals surface area contributed by atoms with Gasteiger partial charge in [0.2, 0.25) is 5.91 Å². The average Bonchev–Trinajstić information content (AvgIpc) is 2.49. The molecule has 114 valence electrons. The molecule has 2 rings (SSSR count). The number of hydrogen-bond donors (Lipinski definition) is 1. The van der Waals surface area contributed by atoms with Crippen LogP contribution in [-0.2, 0) is 4.79 Å². The molecule has 1 aromatic rings. The molecule has 1 aliphatic heterocycles. The SMILES string of the molecule is CC(NC(=O)c1cc(Br)ccc1I)C(=O)N1CCCCC1. The number of rotatable bonds is 3. The first-order valence-electron chi connectivity index (χ1n) is 7.04. The van der Waals surface area contributed by atoms with Gasteiger partial charge in [-0.1, -0.05) is 15.9 Å². The minimum Gasteiger partial charge on any atom is -0.341 e. The fourth-order valence-electron chi connectivity index (χ4n) is 2.40. The normalized spacial score (nSPS) is 16.4. The highest BCUT2D eigenvalue weighted by Gasteiger charge is 2.24. The second kappa shape index (κ2) is 7.58. The highest BCUT2D eigenvalue weighted by Crippen LogP contribution is 2.18. The minimum absolute atomic E-state index is 0.00746. The summed E-state index contributed by atoms with van der Waals surface area (Å²) in [4.78, 5) is 26.5. The van der Waals surface area contributed by atoms with E-state index < -0.39 is 6.04 Å². The molecule has 1 N–H and O–H groups in total. The quantitative estimate of drug-likeness (QED) is 0.698. The molecule has 21 heavy (non-hydrogen) atoms. The second-order valence-corrected chi connectivity index (χ2v) is 7.28. The molecule has 0 bridgehead atoms. The summed E-state index contributed by atoms with van der Waals surface area (Å²) in [7, 11) is 0. The van der Waals surface area contributed by atoms with Gasteiger partial charge in [0, 0.05) is 21.1 Å². The van der Waals surface area contributed by atoms with Crippen LogP contribution in [0.4, 0.5) is 0 Å². The fourth-order valence-corrected chi connectivity index (χ4v) is 3.34. The summed E-state index contributed by atoms with van der Waals surface area (Å²) in [6.45, 7) is 3.35. The minimum atomic E-state index is -0.495. The number of amides is 2. The van der Waals surface area contributed by atoms with Gasteiger partial charge in [0.15, 0.2) is 0 Å². The van der Waals surface area contributed by atoms with E-state index in [1.165, 1.54) is 6.42 Å². The number of piperidine rings is 1. The third-order valence-corrected chi connectivity index (χ3v) is 4.99. The Morgan fingerprint density at radius 3 is 2.62 bits per heavy atom. The molecule has 6 heteroatoms. The lowest BCUT2D eigenvalue weighted by Gasteiger charge is -2.29. The predicted octanol–water partition coefficient (Wildman–Crippen LogP) is 3.18. The lowest BCUT2D eigenvalue weighted by molar-refractivity contribution is -0.133. The van der Waals surface area contributed by atoms with E-state index in [1.807, 2.05) is 17.0 Å². The zero-order valence-electron chi connectivity index (χ0n) is 11.9. The van der Waals surface area contributed by atoms with E-state index in [-0.39, 0.29) is 11.8 Å². The predicted molar refractivity (Wildman–Crippen MR) is 94.2 cm³/mol. The maximum atomic E-state index is 12.3. The van der Waals surface area contributed by atoms with E-state index in [4.69, 9.17) is 0 Å². The first-order valence-corrected chi connectivity index (χ1v) is 8.91. The van der Waals surface area contributed by atoms with Crippen molar-refractivity contribution >= 4 is 50.3 Å². The largest absolute Gasteiger partial charge is 0.341 e. The van der Waals surface area contributed by atoms with Gasteiger partial charge < -0.3 is 10.2 Å². The Kier molecular flexibility index (Phi) is 6.04. The lowest BCUT2D eigenvalue weighted by atomic mass is 10.1. The smallest absolute Gasteiger partial charge is 0.253 e. The maximum absolute atomic E-state index is 12.3. The zero-order valence-corrected chi connectivity index (χ0v) is 15.6. The van der Waals surface area contributed by atoms with E-state index in [1.54, 1.807) is 13.0 Å². The van der Waals surface area contributed by atoms with Gasteiger partial charge in [-0.15, -0.1) is 0 Å². The Labute approximate surface area is 146 Å². The van der Waals surface area contributed by atoms with Crippen LogP contribution >= 0.6 is 38.5 Å². The summed E-state index contributed by atoms with van der Waals surface area (Å²) in [5.41, 5.74) is 0.586. The van der Waals surface area contributed by atoms with E-state index in [0.717, 1.165) is 34.0 Å². The first-order chi connectivity index (χ1) is 9.99. The van der Waals surface area contributed by atoms with Crippen LogP contribution in [0.15, 0.2) is 22.7 Å². The van der Waals surface area contributed by atoms with Crippen molar-refractivity contribution in [2.24, 2.45) is 0 Å². The molecule has 1 heterocycles. The van der Waals surface area contributed by atoms with Crippen LogP contribution < -0.4 is 5.32 Å². The van der Waals surface area contributed by atoms with Gasteiger partial charge in [-0.2, -0.15) is 0 Å². The number of carbonyl (C=O) groups excluding carboxylic acids is 2. The number of nitrogens with zero attached hydrogens (tertiary/aromatic N) is 1. The third kappa shape index (κ3) is 4.42. The summed E-state index contributed by atoms with van der Waals surface area (Å²) in [5, 5.41) is 2.81. The molecule has 1 saturated heterocycles. The van der Waals surface area contributed by atoms with Gasteiger partial charge in [0.1, 0.15) is 6.04 Å². The van der Waals surface area contributed by atoms with Crippen molar-refractivity contribution in [2.45, 2.75) is 32.2 Å². The molecule has 1 atom stereocenters. The molecular weight excluding hydrogens is 447 g/mol. The molecule has 0 aromatic heterocycles. The van der Waals surface area contributed by atoms with Crippen molar-refractivity contribution in [2.75, 3.05) is 13.1 Å². The highest BCUT2D eigenvalue weighted by atomic mass is 127. The van der Waals surface area contributed by atoms with Crippen LogP contribution in [0.5, 0.6) is 0 Å². The van der Waals surface area contributed by atoms with Crippen LogP contribution in [-0.4, -0.2) is 35.8 Å². The first kappa shape index (κ1) is 16.7. The van der Waals surface area contributed by atoms with Gasteiger partial charge >= 0.3 is 0 Å². The number of likely N-dealkylation sites (tertiary alicyclic amines) is 1. The summed E-state index contributed by atoms with van der Waals surface area (Å²) in [6.07, 6.45) is 3.28. The zero-order chi connectivity index (χ0) is 15.4. The molecular formula is C15H18BrIN2O2. The summed E-state index contributed by atoms with van der Waals surface area (Å²) >= 11 is 5.49. The molecule has 1 unspecified atom stereocenters. The standard InChI is InChI=1S/C15H18BrIN2O2/c1-10(15(21)19-7-3-2-4-8-19)18-14(20)12-9-11(16)5-6-13(12)17/h5-6,9-10H,2-4,7-8H2,1H3,(H,18,20). The van der Waals surface area contributed by atoms with Crippen molar-refractivity contribution < 1.29 is 9.59 Å². The van der Waals surface area contributed by atoms with Crippen molar-refractivity contribution in [3.05, 3.63) is 31.8 Å². The molecule has 0 saturated carbocycles. The number of hydrogen-bond acceptors (Lipinski definition) is 2. The number of carbonyl (C=O) groups is 2. The molecule has 0 spiro atoms. The maximum Gasteiger partial charge on any atom is 0.253 e. The fraction of sp³-hybridized carbons (Fsp3) is 0.467. The summed E-state index contributed by atoms with van der Waals surface area (Å²) < 4.78 is 1.72.